The topological polar surface area (TPSA) is 21.3 Å². The van der Waals surface area contributed by atoms with E-state index in [9.17, 15) is 0 Å². The molecule has 0 heterocycles. The summed E-state index contributed by atoms with van der Waals surface area (Å²) < 4.78 is 6.75. The van der Waals surface area contributed by atoms with Crippen LogP contribution in [0.2, 0.25) is 0 Å². The lowest BCUT2D eigenvalue weighted by Crippen LogP contribution is -2.50. The highest BCUT2D eigenvalue weighted by molar-refractivity contribution is 6.72. The lowest BCUT2D eigenvalue weighted by atomic mass is 10.2. The molecule has 0 atom stereocenters. The van der Waals surface area contributed by atoms with Crippen LogP contribution in [-0.2, 0) is 22.7 Å². The van der Waals surface area contributed by atoms with Gasteiger partial charge in [-0.15, -0.1) is 0 Å². The first-order valence-electron chi connectivity index (χ1n) is 11.0. The SMILES string of the molecule is C=C(NO[Si](Cc1ccccc1)(Cc1ccccc1)Cc1ccccc1)c1ccccc1. The van der Waals surface area contributed by atoms with Crippen molar-refractivity contribution in [3.05, 3.63) is 150 Å². The first-order chi connectivity index (χ1) is 15.7. The first-order valence-corrected chi connectivity index (χ1v) is 13.6. The van der Waals surface area contributed by atoms with Crippen LogP contribution in [0.1, 0.15) is 22.3 Å². The zero-order valence-corrected chi connectivity index (χ0v) is 19.3. The molecule has 32 heavy (non-hydrogen) atoms. The molecule has 0 saturated carbocycles. The van der Waals surface area contributed by atoms with E-state index >= 15 is 0 Å². The predicted octanol–water partition coefficient (Wildman–Crippen LogP) is 6.47. The van der Waals surface area contributed by atoms with Gasteiger partial charge in [0.15, 0.2) is 0 Å². The minimum atomic E-state index is -2.39. The minimum absolute atomic E-state index is 0.789. The number of hydrogen-bond donors (Lipinski definition) is 1. The van der Waals surface area contributed by atoms with E-state index in [0.717, 1.165) is 29.4 Å². The van der Waals surface area contributed by atoms with E-state index in [0.29, 0.717) is 0 Å². The van der Waals surface area contributed by atoms with E-state index in [4.69, 9.17) is 4.53 Å². The molecule has 0 saturated heterocycles. The second-order valence-corrected chi connectivity index (χ2v) is 11.8. The summed E-state index contributed by atoms with van der Waals surface area (Å²) in [6, 6.07) is 44.9. The van der Waals surface area contributed by atoms with Gasteiger partial charge in [0.05, 0.1) is 5.70 Å². The molecule has 160 valence electrons. The van der Waals surface area contributed by atoms with Crippen molar-refractivity contribution in [3.8, 4) is 0 Å². The molecule has 2 nitrogen and oxygen atoms in total. The third-order valence-electron chi connectivity index (χ3n) is 5.62. The first kappa shape index (κ1) is 21.8. The van der Waals surface area contributed by atoms with Crippen molar-refractivity contribution < 1.29 is 4.53 Å². The third kappa shape index (κ3) is 6.07. The second-order valence-electron chi connectivity index (χ2n) is 8.22. The highest BCUT2D eigenvalue weighted by atomic mass is 28.4. The summed E-state index contributed by atoms with van der Waals surface area (Å²) in [6.07, 6.45) is 0. The maximum Gasteiger partial charge on any atom is 0.242 e. The van der Waals surface area contributed by atoms with Crippen molar-refractivity contribution >= 4 is 14.0 Å². The van der Waals surface area contributed by atoms with Gasteiger partial charge in [0.1, 0.15) is 0 Å². The average molecular weight is 436 g/mol. The summed E-state index contributed by atoms with van der Waals surface area (Å²) >= 11 is 0. The molecule has 0 spiro atoms. The molecule has 4 aromatic rings. The van der Waals surface area contributed by atoms with Gasteiger partial charge in [-0.1, -0.05) is 128 Å². The summed E-state index contributed by atoms with van der Waals surface area (Å²) in [5, 5.41) is 0. The molecule has 3 heteroatoms. The van der Waals surface area contributed by atoms with E-state index in [2.05, 4.69) is 103 Å². The molecule has 0 radical (unpaired) electrons. The van der Waals surface area contributed by atoms with E-state index in [1.165, 1.54) is 16.7 Å². The number of hydrogen-bond acceptors (Lipinski definition) is 2. The molecule has 4 aromatic carbocycles. The fourth-order valence-corrected chi connectivity index (χ4v) is 7.94. The van der Waals surface area contributed by atoms with Crippen LogP contribution in [0.25, 0.3) is 5.70 Å². The summed E-state index contributed by atoms with van der Waals surface area (Å²) in [5.41, 5.74) is 9.00. The van der Waals surface area contributed by atoms with Gasteiger partial charge in [-0.25, -0.2) is 0 Å². The lowest BCUT2D eigenvalue weighted by molar-refractivity contribution is 0.231. The van der Waals surface area contributed by atoms with Crippen LogP contribution < -0.4 is 5.48 Å². The number of benzene rings is 4. The third-order valence-corrected chi connectivity index (χ3v) is 9.31. The van der Waals surface area contributed by atoms with Crippen molar-refractivity contribution in [1.29, 1.82) is 0 Å². The van der Waals surface area contributed by atoms with Gasteiger partial charge in [-0.2, -0.15) is 0 Å². The maximum absolute atomic E-state index is 6.75. The predicted molar refractivity (Wildman–Crippen MR) is 136 cm³/mol. The Kier molecular flexibility index (Phi) is 7.33. The van der Waals surface area contributed by atoms with Crippen LogP contribution in [0.3, 0.4) is 0 Å². The summed E-state index contributed by atoms with van der Waals surface area (Å²) in [4.78, 5) is 0. The molecule has 0 aromatic heterocycles. The minimum Gasteiger partial charge on any atom is -0.321 e. The quantitative estimate of drug-likeness (QED) is 0.228. The smallest absolute Gasteiger partial charge is 0.242 e. The molecule has 0 aliphatic heterocycles. The maximum atomic E-state index is 6.75. The van der Waals surface area contributed by atoms with Crippen LogP contribution in [0, 0.1) is 0 Å². The fraction of sp³-hybridized carbons (Fsp3) is 0.103. The Balaban J connectivity index is 1.67. The molecule has 0 unspecified atom stereocenters. The molecular formula is C29H29NOSi. The van der Waals surface area contributed by atoms with E-state index in [1.54, 1.807) is 0 Å². The van der Waals surface area contributed by atoms with Gasteiger partial charge in [-0.05, 0) is 40.4 Å². The normalized spacial score (nSPS) is 11.1. The van der Waals surface area contributed by atoms with Crippen LogP contribution in [0.5, 0.6) is 0 Å². The number of nitrogens with one attached hydrogen (secondary N) is 1. The zero-order valence-electron chi connectivity index (χ0n) is 18.3. The van der Waals surface area contributed by atoms with Gasteiger partial charge >= 0.3 is 0 Å². The molecular weight excluding hydrogens is 406 g/mol. The standard InChI is InChI=1S/C29H29NOSi/c1-25(29-20-12-5-13-21-29)30-31-32(22-26-14-6-2-7-15-26,23-27-16-8-3-9-17-27)24-28-18-10-4-11-19-28/h2-21,30H,1,22-24H2. The molecule has 0 aliphatic rings. The molecule has 0 amide bonds. The van der Waals surface area contributed by atoms with Crippen LogP contribution >= 0.6 is 0 Å². The van der Waals surface area contributed by atoms with Crippen LogP contribution in [0.4, 0.5) is 0 Å². The highest BCUT2D eigenvalue weighted by Gasteiger charge is 2.37. The van der Waals surface area contributed by atoms with Gasteiger partial charge < -0.3 is 4.53 Å². The Morgan fingerprint density at radius 3 is 1.28 bits per heavy atom. The van der Waals surface area contributed by atoms with Crippen LogP contribution in [-0.4, -0.2) is 8.32 Å². The lowest BCUT2D eigenvalue weighted by Gasteiger charge is -2.32. The van der Waals surface area contributed by atoms with E-state index in [1.807, 2.05) is 30.3 Å². The Labute approximate surface area is 192 Å². The summed E-state index contributed by atoms with van der Waals surface area (Å²) in [5.74, 6) is 0. The van der Waals surface area contributed by atoms with Crippen molar-refractivity contribution in [1.82, 2.24) is 5.48 Å². The number of hydroxylamine groups is 1. The zero-order chi connectivity index (χ0) is 22.1. The van der Waals surface area contributed by atoms with E-state index in [-0.39, 0.29) is 0 Å². The van der Waals surface area contributed by atoms with Gasteiger partial charge in [0.2, 0.25) is 8.32 Å². The summed E-state index contributed by atoms with van der Waals surface area (Å²) in [7, 11) is -2.39. The molecule has 0 bridgehead atoms. The Morgan fingerprint density at radius 1 is 0.562 bits per heavy atom. The molecule has 0 aliphatic carbocycles. The monoisotopic (exact) mass is 435 g/mol. The van der Waals surface area contributed by atoms with E-state index < -0.39 is 8.32 Å². The average Bonchev–Trinajstić information content (AvgIpc) is 2.85. The number of rotatable bonds is 10. The van der Waals surface area contributed by atoms with Crippen molar-refractivity contribution in [3.63, 3.8) is 0 Å². The summed E-state index contributed by atoms with van der Waals surface area (Å²) in [6.45, 7) is 4.24. The van der Waals surface area contributed by atoms with Crippen molar-refractivity contribution in [2.75, 3.05) is 0 Å². The highest BCUT2D eigenvalue weighted by Crippen LogP contribution is 2.24. The Morgan fingerprint density at radius 2 is 0.906 bits per heavy atom. The van der Waals surface area contributed by atoms with Crippen LogP contribution in [0.15, 0.2) is 128 Å². The molecule has 4 rings (SSSR count). The largest absolute Gasteiger partial charge is 0.321 e. The molecule has 0 fully saturated rings. The Hall–Kier alpha value is -3.40. The van der Waals surface area contributed by atoms with Gasteiger partial charge in [-0.3, -0.25) is 5.48 Å². The molecule has 1 N–H and O–H groups in total. The Bertz CT molecular complexity index is 998. The van der Waals surface area contributed by atoms with Gasteiger partial charge in [0.25, 0.3) is 0 Å². The van der Waals surface area contributed by atoms with Gasteiger partial charge in [0, 0.05) is 0 Å². The second kappa shape index (κ2) is 10.8. The van der Waals surface area contributed by atoms with Crippen molar-refractivity contribution in [2.45, 2.75) is 18.1 Å². The fourth-order valence-electron chi connectivity index (χ4n) is 4.07. The van der Waals surface area contributed by atoms with Crippen molar-refractivity contribution in [2.24, 2.45) is 0 Å².